The SMILES string of the molecule is O=C(c1ccccc1)c1ccc(Cl)c(-c2ccon2)c1. The molecule has 0 radical (unpaired) electrons. The van der Waals surface area contributed by atoms with Crippen LogP contribution in [0.15, 0.2) is 65.4 Å². The first kappa shape index (κ1) is 12.6. The smallest absolute Gasteiger partial charge is 0.193 e. The van der Waals surface area contributed by atoms with Crippen LogP contribution in [0.3, 0.4) is 0 Å². The molecule has 0 aliphatic heterocycles. The number of hydrogen-bond donors (Lipinski definition) is 0. The first-order chi connectivity index (χ1) is 9.75. The molecule has 0 aliphatic rings. The summed E-state index contributed by atoms with van der Waals surface area (Å²) in [6.07, 6.45) is 1.47. The standard InChI is InChI=1S/C16H10ClNO2/c17-14-7-6-12(10-13(14)15-8-9-20-18-15)16(19)11-4-2-1-3-5-11/h1-10H. The van der Waals surface area contributed by atoms with Crippen LogP contribution in [0.5, 0.6) is 0 Å². The molecular formula is C16H10ClNO2. The van der Waals surface area contributed by atoms with Crippen LogP contribution in [0.4, 0.5) is 0 Å². The van der Waals surface area contributed by atoms with Crippen LogP contribution in [0.25, 0.3) is 11.3 Å². The summed E-state index contributed by atoms with van der Waals surface area (Å²) in [5, 5.41) is 4.38. The number of carbonyl (C=O) groups is 1. The van der Waals surface area contributed by atoms with Gasteiger partial charge in [0.15, 0.2) is 5.78 Å². The molecule has 2 aromatic carbocycles. The molecule has 1 aromatic heterocycles. The van der Waals surface area contributed by atoms with Gasteiger partial charge in [-0.05, 0) is 18.2 Å². The lowest BCUT2D eigenvalue weighted by atomic mass is 10.0. The van der Waals surface area contributed by atoms with Gasteiger partial charge in [-0.15, -0.1) is 0 Å². The molecule has 0 fully saturated rings. The third-order valence-electron chi connectivity index (χ3n) is 2.98. The highest BCUT2D eigenvalue weighted by atomic mass is 35.5. The Hall–Kier alpha value is -2.39. The third kappa shape index (κ3) is 2.36. The highest BCUT2D eigenvalue weighted by molar-refractivity contribution is 6.33. The number of halogens is 1. The Morgan fingerprint density at radius 2 is 1.80 bits per heavy atom. The average molecular weight is 284 g/mol. The van der Waals surface area contributed by atoms with Crippen molar-refractivity contribution in [1.82, 2.24) is 5.16 Å². The van der Waals surface area contributed by atoms with E-state index < -0.39 is 0 Å². The number of benzene rings is 2. The van der Waals surface area contributed by atoms with Crippen molar-refractivity contribution < 1.29 is 9.32 Å². The Balaban J connectivity index is 2.04. The Kier molecular flexibility index (Phi) is 3.35. The fourth-order valence-electron chi connectivity index (χ4n) is 1.97. The molecule has 3 nitrogen and oxygen atoms in total. The predicted octanol–water partition coefficient (Wildman–Crippen LogP) is 4.23. The molecule has 0 spiro atoms. The number of ketones is 1. The van der Waals surface area contributed by atoms with Gasteiger partial charge in [-0.3, -0.25) is 4.79 Å². The van der Waals surface area contributed by atoms with Gasteiger partial charge < -0.3 is 4.52 Å². The number of hydrogen-bond acceptors (Lipinski definition) is 3. The average Bonchev–Trinajstić information content (AvgIpc) is 3.02. The lowest BCUT2D eigenvalue weighted by Crippen LogP contribution is -2.01. The molecule has 98 valence electrons. The van der Waals surface area contributed by atoms with Crippen molar-refractivity contribution in [3.8, 4) is 11.3 Å². The maximum atomic E-state index is 12.4. The van der Waals surface area contributed by atoms with Crippen molar-refractivity contribution in [2.75, 3.05) is 0 Å². The van der Waals surface area contributed by atoms with Crippen molar-refractivity contribution >= 4 is 17.4 Å². The van der Waals surface area contributed by atoms with Gasteiger partial charge in [0.1, 0.15) is 12.0 Å². The zero-order valence-corrected chi connectivity index (χ0v) is 11.2. The van der Waals surface area contributed by atoms with Crippen LogP contribution >= 0.6 is 11.6 Å². The van der Waals surface area contributed by atoms with E-state index in [0.29, 0.717) is 27.4 Å². The van der Waals surface area contributed by atoms with Crippen LogP contribution in [-0.2, 0) is 0 Å². The summed E-state index contributed by atoms with van der Waals surface area (Å²) in [6.45, 7) is 0. The fourth-order valence-corrected chi connectivity index (χ4v) is 2.18. The molecule has 0 aliphatic carbocycles. The summed E-state index contributed by atoms with van der Waals surface area (Å²) in [5.74, 6) is -0.0491. The van der Waals surface area contributed by atoms with Gasteiger partial charge in [-0.25, -0.2) is 0 Å². The normalized spacial score (nSPS) is 10.4. The van der Waals surface area contributed by atoms with Gasteiger partial charge in [-0.1, -0.05) is 47.1 Å². The molecule has 0 atom stereocenters. The number of nitrogens with zero attached hydrogens (tertiary/aromatic N) is 1. The zero-order chi connectivity index (χ0) is 13.9. The summed E-state index contributed by atoms with van der Waals surface area (Å²) in [6, 6.07) is 16.0. The van der Waals surface area contributed by atoms with E-state index in [1.807, 2.05) is 18.2 Å². The van der Waals surface area contributed by atoms with Crippen LogP contribution in [-0.4, -0.2) is 10.9 Å². The molecule has 4 heteroatoms. The van der Waals surface area contributed by atoms with Crippen LogP contribution in [0.2, 0.25) is 5.02 Å². The molecule has 3 rings (SSSR count). The summed E-state index contributed by atoms with van der Waals surface area (Å²) in [5.41, 5.74) is 2.50. The maximum Gasteiger partial charge on any atom is 0.193 e. The Bertz CT molecular complexity index is 736. The van der Waals surface area contributed by atoms with Crippen molar-refractivity contribution in [3.63, 3.8) is 0 Å². The Labute approximate surface area is 120 Å². The van der Waals surface area contributed by atoms with E-state index in [2.05, 4.69) is 5.16 Å². The summed E-state index contributed by atoms with van der Waals surface area (Å²) < 4.78 is 4.82. The summed E-state index contributed by atoms with van der Waals surface area (Å²) >= 11 is 6.15. The van der Waals surface area contributed by atoms with Crippen LogP contribution in [0.1, 0.15) is 15.9 Å². The Morgan fingerprint density at radius 1 is 1.00 bits per heavy atom. The summed E-state index contributed by atoms with van der Waals surface area (Å²) in [7, 11) is 0. The van der Waals surface area contributed by atoms with E-state index in [1.54, 1.807) is 36.4 Å². The van der Waals surface area contributed by atoms with Gasteiger partial charge >= 0.3 is 0 Å². The van der Waals surface area contributed by atoms with Gasteiger partial charge in [-0.2, -0.15) is 0 Å². The van der Waals surface area contributed by atoms with Crippen molar-refractivity contribution in [3.05, 3.63) is 77.0 Å². The summed E-state index contributed by atoms with van der Waals surface area (Å²) in [4.78, 5) is 12.4. The second kappa shape index (κ2) is 5.31. The highest BCUT2D eigenvalue weighted by Gasteiger charge is 2.13. The topological polar surface area (TPSA) is 43.1 Å². The maximum absolute atomic E-state index is 12.4. The second-order valence-corrected chi connectivity index (χ2v) is 4.68. The van der Waals surface area contributed by atoms with E-state index in [4.69, 9.17) is 16.1 Å². The van der Waals surface area contributed by atoms with E-state index in [1.165, 1.54) is 6.26 Å². The van der Waals surface area contributed by atoms with Gasteiger partial charge in [0, 0.05) is 22.8 Å². The molecule has 0 amide bonds. The fraction of sp³-hybridized carbons (Fsp3) is 0. The van der Waals surface area contributed by atoms with Gasteiger partial charge in [0.2, 0.25) is 0 Å². The number of aromatic nitrogens is 1. The molecule has 1 heterocycles. The lowest BCUT2D eigenvalue weighted by Gasteiger charge is -2.05. The predicted molar refractivity (Wildman–Crippen MR) is 76.8 cm³/mol. The van der Waals surface area contributed by atoms with Gasteiger partial charge in [0.25, 0.3) is 0 Å². The van der Waals surface area contributed by atoms with E-state index in [9.17, 15) is 4.79 Å². The number of carbonyl (C=O) groups excluding carboxylic acids is 1. The Morgan fingerprint density at radius 3 is 2.50 bits per heavy atom. The van der Waals surface area contributed by atoms with Crippen molar-refractivity contribution in [2.45, 2.75) is 0 Å². The number of rotatable bonds is 3. The molecule has 0 unspecified atom stereocenters. The van der Waals surface area contributed by atoms with E-state index in [-0.39, 0.29) is 5.78 Å². The lowest BCUT2D eigenvalue weighted by molar-refractivity contribution is 0.103. The van der Waals surface area contributed by atoms with Crippen molar-refractivity contribution in [1.29, 1.82) is 0 Å². The first-order valence-electron chi connectivity index (χ1n) is 6.06. The monoisotopic (exact) mass is 283 g/mol. The quantitative estimate of drug-likeness (QED) is 0.676. The zero-order valence-electron chi connectivity index (χ0n) is 10.4. The molecule has 0 saturated heterocycles. The third-order valence-corrected chi connectivity index (χ3v) is 3.31. The van der Waals surface area contributed by atoms with E-state index in [0.717, 1.165) is 0 Å². The molecule has 0 N–H and O–H groups in total. The minimum Gasteiger partial charge on any atom is -0.364 e. The van der Waals surface area contributed by atoms with Crippen LogP contribution in [0, 0.1) is 0 Å². The molecule has 0 saturated carbocycles. The van der Waals surface area contributed by atoms with E-state index >= 15 is 0 Å². The molecular weight excluding hydrogens is 274 g/mol. The molecule has 3 aromatic rings. The first-order valence-corrected chi connectivity index (χ1v) is 6.43. The molecule has 0 bridgehead atoms. The van der Waals surface area contributed by atoms with Crippen LogP contribution < -0.4 is 0 Å². The largest absolute Gasteiger partial charge is 0.364 e. The second-order valence-electron chi connectivity index (χ2n) is 4.27. The molecule has 20 heavy (non-hydrogen) atoms. The van der Waals surface area contributed by atoms with Gasteiger partial charge in [0.05, 0.1) is 5.02 Å². The highest BCUT2D eigenvalue weighted by Crippen LogP contribution is 2.28. The minimum absolute atomic E-state index is 0.0491. The minimum atomic E-state index is -0.0491. The van der Waals surface area contributed by atoms with Crippen molar-refractivity contribution in [2.24, 2.45) is 0 Å².